The Hall–Kier alpha value is -1.06. The number of hydrogen-bond donors (Lipinski definition) is 0. The Morgan fingerprint density at radius 2 is 1.38 bits per heavy atom. The average molecular weight is 230 g/mol. The molecular weight excluding hydrogens is 208 g/mol. The molecule has 0 saturated heterocycles. The largest absolute Gasteiger partial charge is 0.465 e. The van der Waals surface area contributed by atoms with Gasteiger partial charge in [0, 0.05) is 12.3 Å². The fourth-order valence-corrected chi connectivity index (χ4v) is 0.816. The third-order valence-corrected chi connectivity index (χ3v) is 1.87. The van der Waals surface area contributed by atoms with E-state index >= 15 is 0 Å². The molecule has 0 unspecified atom stereocenters. The molecule has 0 aliphatic rings. The number of carbonyl (C=O) groups is 2. The minimum atomic E-state index is -0.502. The minimum absolute atomic E-state index is 0.246. The molecule has 0 fully saturated rings. The third kappa shape index (κ3) is 6.43. The zero-order valence-electron chi connectivity index (χ0n) is 11.0. The van der Waals surface area contributed by atoms with Crippen molar-refractivity contribution in [3.63, 3.8) is 0 Å². The molecule has 0 aliphatic heterocycles. The average Bonchev–Trinajstić information content (AvgIpc) is 2.10. The van der Waals surface area contributed by atoms with Crippen molar-refractivity contribution < 1.29 is 19.1 Å². The van der Waals surface area contributed by atoms with Crippen LogP contribution in [-0.2, 0) is 19.1 Å². The standard InChI is InChI=1S/C12H22O4/c1-9(13)15-7-12(5,6)8-16-10(14)11(2,3)4/h7-8H2,1-6H3. The Bertz CT molecular complexity index is 261. The third-order valence-electron chi connectivity index (χ3n) is 1.87. The van der Waals surface area contributed by atoms with Gasteiger partial charge in [-0.25, -0.2) is 0 Å². The Labute approximate surface area is 97.3 Å². The number of hydrogen-bond acceptors (Lipinski definition) is 4. The Morgan fingerprint density at radius 1 is 0.938 bits per heavy atom. The van der Waals surface area contributed by atoms with E-state index in [0.717, 1.165) is 0 Å². The Kier molecular flexibility index (Phi) is 4.97. The van der Waals surface area contributed by atoms with Crippen LogP contribution in [0.15, 0.2) is 0 Å². The van der Waals surface area contributed by atoms with Crippen molar-refractivity contribution in [1.82, 2.24) is 0 Å². The van der Waals surface area contributed by atoms with Crippen LogP contribution in [0, 0.1) is 10.8 Å². The van der Waals surface area contributed by atoms with Crippen LogP contribution in [0.25, 0.3) is 0 Å². The van der Waals surface area contributed by atoms with E-state index in [1.165, 1.54) is 6.92 Å². The van der Waals surface area contributed by atoms with Crippen LogP contribution in [0.5, 0.6) is 0 Å². The summed E-state index contributed by atoms with van der Waals surface area (Å²) >= 11 is 0. The summed E-state index contributed by atoms with van der Waals surface area (Å²) in [7, 11) is 0. The zero-order chi connectivity index (χ0) is 13.0. The molecule has 0 amide bonds. The van der Waals surface area contributed by atoms with E-state index in [9.17, 15) is 9.59 Å². The minimum Gasteiger partial charge on any atom is -0.465 e. The molecule has 16 heavy (non-hydrogen) atoms. The van der Waals surface area contributed by atoms with Gasteiger partial charge in [-0.2, -0.15) is 0 Å². The first-order chi connectivity index (χ1) is 7.04. The van der Waals surface area contributed by atoms with Gasteiger partial charge in [-0.1, -0.05) is 13.8 Å². The van der Waals surface area contributed by atoms with Crippen molar-refractivity contribution in [3.05, 3.63) is 0 Å². The van der Waals surface area contributed by atoms with Gasteiger partial charge < -0.3 is 9.47 Å². The summed E-state index contributed by atoms with van der Waals surface area (Å²) in [6, 6.07) is 0. The predicted octanol–water partition coefficient (Wildman–Crippen LogP) is 2.17. The summed E-state index contributed by atoms with van der Waals surface area (Å²) in [6.45, 7) is 11.0. The van der Waals surface area contributed by atoms with Gasteiger partial charge >= 0.3 is 11.9 Å². The predicted molar refractivity (Wildman–Crippen MR) is 60.8 cm³/mol. The highest BCUT2D eigenvalue weighted by Crippen LogP contribution is 2.20. The molecule has 94 valence electrons. The van der Waals surface area contributed by atoms with Crippen LogP contribution in [-0.4, -0.2) is 25.2 Å². The molecule has 0 aromatic carbocycles. The first kappa shape index (κ1) is 14.9. The molecule has 0 aromatic rings. The van der Waals surface area contributed by atoms with E-state index < -0.39 is 5.41 Å². The molecule has 0 atom stereocenters. The van der Waals surface area contributed by atoms with Gasteiger partial charge in [-0.3, -0.25) is 9.59 Å². The number of rotatable bonds is 4. The fraction of sp³-hybridized carbons (Fsp3) is 0.833. The van der Waals surface area contributed by atoms with Crippen LogP contribution in [0.2, 0.25) is 0 Å². The zero-order valence-corrected chi connectivity index (χ0v) is 11.0. The molecule has 0 radical (unpaired) electrons. The summed E-state index contributed by atoms with van der Waals surface area (Å²) in [5.41, 5.74) is -0.857. The molecule has 0 bridgehead atoms. The van der Waals surface area contributed by atoms with E-state index in [-0.39, 0.29) is 30.6 Å². The lowest BCUT2D eigenvalue weighted by Gasteiger charge is -2.25. The molecule has 0 saturated carbocycles. The van der Waals surface area contributed by atoms with Crippen molar-refractivity contribution in [1.29, 1.82) is 0 Å². The Morgan fingerprint density at radius 3 is 1.75 bits per heavy atom. The van der Waals surface area contributed by atoms with Crippen molar-refractivity contribution in [3.8, 4) is 0 Å². The molecule has 0 aromatic heterocycles. The van der Waals surface area contributed by atoms with E-state index in [1.54, 1.807) is 20.8 Å². The second kappa shape index (κ2) is 5.32. The van der Waals surface area contributed by atoms with Crippen LogP contribution in [0.1, 0.15) is 41.5 Å². The van der Waals surface area contributed by atoms with E-state index in [1.807, 2.05) is 13.8 Å². The molecule has 0 spiro atoms. The number of ether oxygens (including phenoxy) is 2. The van der Waals surface area contributed by atoms with Crippen molar-refractivity contribution in [2.45, 2.75) is 41.5 Å². The monoisotopic (exact) mass is 230 g/mol. The van der Waals surface area contributed by atoms with Crippen LogP contribution >= 0.6 is 0 Å². The first-order valence-corrected chi connectivity index (χ1v) is 5.35. The summed E-state index contributed by atoms with van der Waals surface area (Å²) < 4.78 is 10.1. The first-order valence-electron chi connectivity index (χ1n) is 5.35. The maximum atomic E-state index is 11.5. The summed E-state index contributed by atoms with van der Waals surface area (Å²) in [5.74, 6) is -0.571. The smallest absolute Gasteiger partial charge is 0.311 e. The second-order valence-corrected chi connectivity index (χ2v) is 5.77. The van der Waals surface area contributed by atoms with Crippen molar-refractivity contribution >= 4 is 11.9 Å². The molecule has 4 heteroatoms. The highest BCUT2D eigenvalue weighted by molar-refractivity contribution is 5.75. The molecule has 4 nitrogen and oxygen atoms in total. The van der Waals surface area contributed by atoms with Gasteiger partial charge in [0.25, 0.3) is 0 Å². The second-order valence-electron chi connectivity index (χ2n) is 5.77. The van der Waals surface area contributed by atoms with E-state index in [4.69, 9.17) is 9.47 Å². The lowest BCUT2D eigenvalue weighted by Crippen LogP contribution is -2.31. The molecule has 0 rings (SSSR count). The number of carbonyl (C=O) groups excluding carboxylic acids is 2. The lowest BCUT2D eigenvalue weighted by molar-refractivity contribution is -0.158. The fourth-order valence-electron chi connectivity index (χ4n) is 0.816. The molecule has 0 N–H and O–H groups in total. The van der Waals surface area contributed by atoms with Crippen molar-refractivity contribution in [2.24, 2.45) is 10.8 Å². The van der Waals surface area contributed by atoms with Crippen LogP contribution in [0.3, 0.4) is 0 Å². The Balaban J connectivity index is 4.08. The molecule has 0 aliphatic carbocycles. The van der Waals surface area contributed by atoms with E-state index in [2.05, 4.69) is 0 Å². The van der Waals surface area contributed by atoms with Crippen LogP contribution < -0.4 is 0 Å². The maximum absolute atomic E-state index is 11.5. The summed E-state index contributed by atoms with van der Waals surface area (Å²) in [6.07, 6.45) is 0. The van der Waals surface area contributed by atoms with Gasteiger partial charge in [0.05, 0.1) is 18.6 Å². The van der Waals surface area contributed by atoms with Gasteiger partial charge in [0.2, 0.25) is 0 Å². The van der Waals surface area contributed by atoms with Gasteiger partial charge in [0.15, 0.2) is 0 Å². The molecule has 0 heterocycles. The highest BCUT2D eigenvalue weighted by Gasteiger charge is 2.27. The lowest BCUT2D eigenvalue weighted by atomic mass is 9.95. The number of esters is 2. The highest BCUT2D eigenvalue weighted by atomic mass is 16.5. The summed E-state index contributed by atoms with van der Waals surface area (Å²) in [4.78, 5) is 22.2. The van der Waals surface area contributed by atoms with Crippen molar-refractivity contribution in [2.75, 3.05) is 13.2 Å². The van der Waals surface area contributed by atoms with Gasteiger partial charge in [0.1, 0.15) is 0 Å². The normalized spacial score (nSPS) is 12.1. The molecular formula is C12H22O4. The van der Waals surface area contributed by atoms with Crippen LogP contribution in [0.4, 0.5) is 0 Å². The summed E-state index contributed by atoms with van der Waals surface area (Å²) in [5, 5.41) is 0. The SMILES string of the molecule is CC(=O)OCC(C)(C)COC(=O)C(C)(C)C. The quantitative estimate of drug-likeness (QED) is 0.694. The van der Waals surface area contributed by atoms with Gasteiger partial charge in [-0.05, 0) is 20.8 Å². The van der Waals surface area contributed by atoms with E-state index in [0.29, 0.717) is 0 Å². The van der Waals surface area contributed by atoms with Gasteiger partial charge in [-0.15, -0.1) is 0 Å². The topological polar surface area (TPSA) is 52.6 Å². The maximum Gasteiger partial charge on any atom is 0.311 e.